The van der Waals surface area contributed by atoms with Crippen molar-refractivity contribution in [2.75, 3.05) is 33.5 Å². The number of hydrogen-bond acceptors (Lipinski definition) is 4. The normalized spacial score (nSPS) is 12.6. The third-order valence-corrected chi connectivity index (χ3v) is 2.34. The molecule has 0 fully saturated rings. The van der Waals surface area contributed by atoms with Crippen LogP contribution in [0.5, 0.6) is 0 Å². The molecular formula is C13H20FNO3. The number of rotatable bonds is 9. The van der Waals surface area contributed by atoms with Gasteiger partial charge in [0, 0.05) is 20.2 Å². The molecule has 0 bridgehead atoms. The SMILES string of the molecule is COCCOCC(O)CNCc1cccc(F)c1. The van der Waals surface area contributed by atoms with Crippen LogP contribution in [-0.2, 0) is 16.0 Å². The molecule has 0 saturated heterocycles. The van der Waals surface area contributed by atoms with Gasteiger partial charge in [-0.2, -0.15) is 0 Å². The lowest BCUT2D eigenvalue weighted by molar-refractivity contribution is 0.0137. The van der Waals surface area contributed by atoms with E-state index in [0.29, 0.717) is 26.3 Å². The quantitative estimate of drug-likeness (QED) is 0.646. The summed E-state index contributed by atoms with van der Waals surface area (Å²) >= 11 is 0. The number of benzene rings is 1. The molecule has 1 rings (SSSR count). The van der Waals surface area contributed by atoms with Crippen molar-refractivity contribution in [1.82, 2.24) is 5.32 Å². The lowest BCUT2D eigenvalue weighted by Crippen LogP contribution is -2.30. The lowest BCUT2D eigenvalue weighted by Gasteiger charge is -2.12. The molecule has 1 aromatic rings. The van der Waals surface area contributed by atoms with E-state index in [1.807, 2.05) is 6.07 Å². The fourth-order valence-electron chi connectivity index (χ4n) is 1.45. The van der Waals surface area contributed by atoms with Gasteiger partial charge in [-0.05, 0) is 17.7 Å². The van der Waals surface area contributed by atoms with Crippen molar-refractivity contribution in [3.63, 3.8) is 0 Å². The topological polar surface area (TPSA) is 50.7 Å². The molecule has 1 aromatic carbocycles. The highest BCUT2D eigenvalue weighted by Gasteiger charge is 2.03. The van der Waals surface area contributed by atoms with Crippen LogP contribution in [0.2, 0.25) is 0 Å². The van der Waals surface area contributed by atoms with Crippen molar-refractivity contribution in [3.05, 3.63) is 35.6 Å². The fourth-order valence-corrected chi connectivity index (χ4v) is 1.45. The van der Waals surface area contributed by atoms with E-state index < -0.39 is 6.10 Å². The number of nitrogens with one attached hydrogen (secondary N) is 1. The van der Waals surface area contributed by atoms with E-state index >= 15 is 0 Å². The summed E-state index contributed by atoms with van der Waals surface area (Å²) in [5.41, 5.74) is 0.850. The van der Waals surface area contributed by atoms with E-state index in [1.165, 1.54) is 12.1 Å². The average molecular weight is 257 g/mol. The van der Waals surface area contributed by atoms with Crippen LogP contribution in [0.1, 0.15) is 5.56 Å². The van der Waals surface area contributed by atoms with Crippen LogP contribution in [0.25, 0.3) is 0 Å². The Labute approximate surface area is 107 Å². The lowest BCUT2D eigenvalue weighted by atomic mass is 10.2. The summed E-state index contributed by atoms with van der Waals surface area (Å²) in [4.78, 5) is 0. The van der Waals surface area contributed by atoms with Crippen molar-refractivity contribution in [2.45, 2.75) is 12.6 Å². The van der Waals surface area contributed by atoms with Gasteiger partial charge in [0.05, 0.1) is 25.9 Å². The summed E-state index contributed by atoms with van der Waals surface area (Å²) in [7, 11) is 1.60. The highest BCUT2D eigenvalue weighted by molar-refractivity contribution is 5.15. The molecule has 0 aliphatic carbocycles. The maximum Gasteiger partial charge on any atom is 0.123 e. The first-order valence-corrected chi connectivity index (χ1v) is 5.92. The van der Waals surface area contributed by atoms with E-state index in [4.69, 9.17) is 9.47 Å². The molecule has 18 heavy (non-hydrogen) atoms. The second kappa shape index (κ2) is 8.99. The summed E-state index contributed by atoms with van der Waals surface area (Å²) < 4.78 is 22.9. The number of hydrogen-bond donors (Lipinski definition) is 2. The van der Waals surface area contributed by atoms with Crippen LogP contribution >= 0.6 is 0 Å². The van der Waals surface area contributed by atoms with Crippen molar-refractivity contribution in [1.29, 1.82) is 0 Å². The van der Waals surface area contributed by atoms with Gasteiger partial charge in [-0.3, -0.25) is 0 Å². The zero-order valence-electron chi connectivity index (χ0n) is 10.6. The summed E-state index contributed by atoms with van der Waals surface area (Å²) in [6.07, 6.45) is -0.574. The molecule has 0 aromatic heterocycles. The Morgan fingerprint density at radius 1 is 1.39 bits per heavy atom. The number of ether oxygens (including phenoxy) is 2. The van der Waals surface area contributed by atoms with Gasteiger partial charge >= 0.3 is 0 Å². The van der Waals surface area contributed by atoms with Gasteiger partial charge in [0.25, 0.3) is 0 Å². The first kappa shape index (κ1) is 15.0. The minimum Gasteiger partial charge on any atom is -0.389 e. The Morgan fingerprint density at radius 2 is 2.22 bits per heavy atom. The summed E-state index contributed by atoms with van der Waals surface area (Å²) in [5, 5.41) is 12.6. The molecule has 0 radical (unpaired) electrons. The van der Waals surface area contributed by atoms with Gasteiger partial charge in [-0.25, -0.2) is 4.39 Å². The molecule has 4 nitrogen and oxygen atoms in total. The number of aliphatic hydroxyl groups excluding tert-OH is 1. The molecule has 0 saturated carbocycles. The van der Waals surface area contributed by atoms with Crippen LogP contribution in [0.3, 0.4) is 0 Å². The van der Waals surface area contributed by atoms with Crippen LogP contribution in [-0.4, -0.2) is 44.7 Å². The van der Waals surface area contributed by atoms with Crippen LogP contribution < -0.4 is 5.32 Å². The molecule has 0 aliphatic heterocycles. The maximum absolute atomic E-state index is 12.9. The molecular weight excluding hydrogens is 237 g/mol. The zero-order chi connectivity index (χ0) is 13.2. The fraction of sp³-hybridized carbons (Fsp3) is 0.538. The predicted octanol–water partition coefficient (Wildman–Crippen LogP) is 0.939. The summed E-state index contributed by atoms with van der Waals surface area (Å²) in [6, 6.07) is 6.37. The minimum absolute atomic E-state index is 0.252. The van der Waals surface area contributed by atoms with Crippen LogP contribution in [0, 0.1) is 5.82 Å². The van der Waals surface area contributed by atoms with Gasteiger partial charge < -0.3 is 19.9 Å². The van der Waals surface area contributed by atoms with Gasteiger partial charge in [-0.15, -0.1) is 0 Å². The third-order valence-electron chi connectivity index (χ3n) is 2.34. The largest absolute Gasteiger partial charge is 0.389 e. The Bertz CT molecular complexity index is 336. The Hall–Kier alpha value is -1.01. The minimum atomic E-state index is -0.574. The van der Waals surface area contributed by atoms with Crippen molar-refractivity contribution >= 4 is 0 Å². The monoisotopic (exact) mass is 257 g/mol. The van der Waals surface area contributed by atoms with Crippen LogP contribution in [0.15, 0.2) is 24.3 Å². The molecule has 5 heteroatoms. The van der Waals surface area contributed by atoms with Crippen molar-refractivity contribution in [2.24, 2.45) is 0 Å². The maximum atomic E-state index is 12.9. The van der Waals surface area contributed by atoms with E-state index in [1.54, 1.807) is 13.2 Å². The molecule has 1 unspecified atom stereocenters. The van der Waals surface area contributed by atoms with Gasteiger partial charge in [0.1, 0.15) is 5.82 Å². The first-order valence-electron chi connectivity index (χ1n) is 5.92. The van der Waals surface area contributed by atoms with E-state index in [0.717, 1.165) is 5.56 Å². The zero-order valence-corrected chi connectivity index (χ0v) is 10.6. The number of aliphatic hydroxyl groups is 1. The molecule has 0 heterocycles. The Kier molecular flexibility index (Phi) is 7.52. The average Bonchev–Trinajstić information content (AvgIpc) is 2.35. The standard InChI is InChI=1S/C13H20FNO3/c1-17-5-6-18-10-13(16)9-15-8-11-3-2-4-12(14)7-11/h2-4,7,13,15-16H,5-6,8-10H2,1H3. The van der Waals surface area contributed by atoms with E-state index in [9.17, 15) is 9.50 Å². The highest BCUT2D eigenvalue weighted by atomic mass is 19.1. The smallest absolute Gasteiger partial charge is 0.123 e. The number of halogens is 1. The van der Waals surface area contributed by atoms with Gasteiger partial charge in [-0.1, -0.05) is 12.1 Å². The molecule has 0 spiro atoms. The second-order valence-corrected chi connectivity index (χ2v) is 3.98. The molecule has 2 N–H and O–H groups in total. The van der Waals surface area contributed by atoms with Gasteiger partial charge in [0.2, 0.25) is 0 Å². The Morgan fingerprint density at radius 3 is 2.94 bits per heavy atom. The molecule has 1 atom stereocenters. The van der Waals surface area contributed by atoms with E-state index in [2.05, 4.69) is 5.32 Å². The molecule has 0 aliphatic rings. The Balaban J connectivity index is 2.09. The summed E-state index contributed by atoms with van der Waals surface area (Å²) in [6.45, 7) is 2.18. The van der Waals surface area contributed by atoms with Crippen LogP contribution in [0.4, 0.5) is 4.39 Å². The highest BCUT2D eigenvalue weighted by Crippen LogP contribution is 2.02. The van der Waals surface area contributed by atoms with Crippen molar-refractivity contribution < 1.29 is 19.0 Å². The van der Waals surface area contributed by atoms with Gasteiger partial charge in [0.15, 0.2) is 0 Å². The first-order chi connectivity index (χ1) is 8.72. The van der Waals surface area contributed by atoms with Crippen molar-refractivity contribution in [3.8, 4) is 0 Å². The predicted molar refractivity (Wildman–Crippen MR) is 66.8 cm³/mol. The molecule has 102 valence electrons. The van der Waals surface area contributed by atoms with E-state index in [-0.39, 0.29) is 12.4 Å². The number of methoxy groups -OCH3 is 1. The second-order valence-electron chi connectivity index (χ2n) is 3.98. The molecule has 0 amide bonds. The third kappa shape index (κ3) is 6.66. The summed E-state index contributed by atoms with van der Waals surface area (Å²) in [5.74, 6) is -0.252.